The number of benzene rings is 2. The summed E-state index contributed by atoms with van der Waals surface area (Å²) in [6.07, 6.45) is 0. The molecule has 3 heteroatoms. The van der Waals surface area contributed by atoms with E-state index in [4.69, 9.17) is 0 Å². The average Bonchev–Trinajstić information content (AvgIpc) is 3.06. The van der Waals surface area contributed by atoms with Gasteiger partial charge in [0.05, 0.1) is 0 Å². The molecule has 0 saturated heterocycles. The Labute approximate surface area is 149 Å². The van der Waals surface area contributed by atoms with Crippen molar-refractivity contribution in [1.82, 2.24) is 0 Å². The van der Waals surface area contributed by atoms with Crippen molar-refractivity contribution in [2.24, 2.45) is 0 Å². The highest BCUT2D eigenvalue weighted by Crippen LogP contribution is 2.18. The maximum atomic E-state index is 10.6. The Morgan fingerprint density at radius 2 is 1.25 bits per heavy atom. The molecule has 0 aliphatic rings. The van der Waals surface area contributed by atoms with E-state index in [-0.39, 0.29) is 11.6 Å². The van der Waals surface area contributed by atoms with Gasteiger partial charge in [-0.3, -0.25) is 4.79 Å². The van der Waals surface area contributed by atoms with Crippen LogP contribution < -0.4 is 0 Å². The van der Waals surface area contributed by atoms with Gasteiger partial charge < -0.3 is 4.79 Å². The van der Waals surface area contributed by atoms with Crippen LogP contribution in [0.3, 0.4) is 0 Å². The predicted molar refractivity (Wildman–Crippen MR) is 106 cm³/mol. The minimum absolute atomic E-state index is 0.121. The van der Waals surface area contributed by atoms with Gasteiger partial charge in [0.25, 0.3) is 0 Å². The van der Waals surface area contributed by atoms with Crippen molar-refractivity contribution in [3.8, 4) is 0 Å². The number of hydrogen-bond donors (Lipinski definition) is 0. The van der Waals surface area contributed by atoms with Gasteiger partial charge in [-0.25, -0.2) is 0 Å². The summed E-state index contributed by atoms with van der Waals surface area (Å²) in [5.74, 6) is 0.288. The number of carbonyl (C=O) groups excluding carboxylic acids is 2. The van der Waals surface area contributed by atoms with Crippen LogP contribution in [0.2, 0.25) is 0 Å². The van der Waals surface area contributed by atoms with Gasteiger partial charge in [0.15, 0.2) is 5.78 Å². The first-order chi connectivity index (χ1) is 11.5. The molecule has 0 aliphatic carbocycles. The van der Waals surface area contributed by atoms with Crippen LogP contribution >= 0.6 is 11.3 Å². The molecular weight excluding hydrogens is 316 g/mol. The summed E-state index contributed by atoms with van der Waals surface area (Å²) in [5, 5.41) is 3.47. The predicted octanol–water partition coefficient (Wildman–Crippen LogP) is 6.41. The van der Waals surface area contributed by atoms with E-state index >= 15 is 0 Å². The molecule has 0 amide bonds. The lowest BCUT2D eigenvalue weighted by Gasteiger charge is -1.89. The summed E-state index contributed by atoms with van der Waals surface area (Å²) in [6, 6.07) is 19.8. The molecule has 0 aliphatic heterocycles. The zero-order chi connectivity index (χ0) is 18.4. The number of hydrogen-bond acceptors (Lipinski definition) is 3. The van der Waals surface area contributed by atoms with Crippen molar-refractivity contribution in [2.45, 2.75) is 34.6 Å². The van der Waals surface area contributed by atoms with Crippen LogP contribution in [0.15, 0.2) is 66.0 Å². The van der Waals surface area contributed by atoms with Crippen molar-refractivity contribution in [3.05, 3.63) is 71.6 Å². The fourth-order valence-electron chi connectivity index (χ4n) is 1.58. The van der Waals surface area contributed by atoms with Crippen LogP contribution in [-0.2, 0) is 4.79 Å². The van der Waals surface area contributed by atoms with Gasteiger partial charge >= 0.3 is 0 Å². The van der Waals surface area contributed by atoms with Gasteiger partial charge in [0.1, 0.15) is 5.78 Å². The lowest BCUT2D eigenvalue weighted by Crippen LogP contribution is -1.88. The van der Waals surface area contributed by atoms with E-state index in [1.54, 1.807) is 18.3 Å². The third-order valence-electron chi connectivity index (χ3n) is 2.54. The molecule has 0 fully saturated rings. The van der Waals surface area contributed by atoms with E-state index in [9.17, 15) is 9.59 Å². The molecular formula is C21H26O2S. The van der Waals surface area contributed by atoms with Crippen molar-refractivity contribution < 1.29 is 9.59 Å². The summed E-state index contributed by atoms with van der Waals surface area (Å²) in [4.78, 5) is 20.1. The second-order valence-electron chi connectivity index (χ2n) is 4.79. The minimum Gasteiger partial charge on any atom is -0.300 e. The Kier molecular flexibility index (Phi) is 12.0. The second-order valence-corrected chi connectivity index (χ2v) is 5.74. The average molecular weight is 343 g/mol. The zero-order valence-corrected chi connectivity index (χ0v) is 15.9. The van der Waals surface area contributed by atoms with E-state index in [0.29, 0.717) is 0 Å². The first-order valence-corrected chi connectivity index (χ1v) is 8.84. The number of Topliss-reactive ketones (excluding diaryl/α,β-unsaturated/α-hetero) is 2. The Hall–Kier alpha value is -2.26. The highest BCUT2D eigenvalue weighted by molar-refractivity contribution is 7.17. The Morgan fingerprint density at radius 1 is 0.750 bits per heavy atom. The molecule has 24 heavy (non-hydrogen) atoms. The molecule has 2 nitrogen and oxygen atoms in total. The Bertz CT molecular complexity index is 681. The van der Waals surface area contributed by atoms with Gasteiger partial charge in [-0.05, 0) is 43.7 Å². The van der Waals surface area contributed by atoms with Crippen molar-refractivity contribution in [1.29, 1.82) is 0 Å². The highest BCUT2D eigenvalue weighted by atomic mass is 32.1. The smallest absolute Gasteiger partial charge is 0.159 e. The number of thiophene rings is 1. The lowest BCUT2D eigenvalue weighted by molar-refractivity contribution is -0.114. The summed E-state index contributed by atoms with van der Waals surface area (Å²) in [7, 11) is 0. The largest absolute Gasteiger partial charge is 0.300 e. The van der Waals surface area contributed by atoms with Crippen LogP contribution in [0.5, 0.6) is 0 Å². The molecule has 0 bridgehead atoms. The van der Waals surface area contributed by atoms with Crippen molar-refractivity contribution in [3.63, 3.8) is 0 Å². The maximum absolute atomic E-state index is 10.6. The number of carbonyl (C=O) groups is 2. The zero-order valence-electron chi connectivity index (χ0n) is 15.1. The number of fused-ring (bicyclic) bond motifs is 1. The van der Waals surface area contributed by atoms with Crippen LogP contribution in [0, 0.1) is 0 Å². The van der Waals surface area contributed by atoms with Crippen LogP contribution in [-0.4, -0.2) is 11.6 Å². The molecule has 0 unspecified atom stereocenters. The normalized spacial score (nSPS) is 8.54. The topological polar surface area (TPSA) is 34.1 Å². The first kappa shape index (κ1) is 21.7. The fraction of sp³-hybridized carbons (Fsp3) is 0.238. The molecule has 0 saturated carbocycles. The van der Waals surface area contributed by atoms with E-state index in [1.165, 1.54) is 23.9 Å². The van der Waals surface area contributed by atoms with Gasteiger partial charge in [0.2, 0.25) is 0 Å². The van der Waals surface area contributed by atoms with Crippen molar-refractivity contribution in [2.75, 3.05) is 0 Å². The molecule has 128 valence electrons. The lowest BCUT2D eigenvalue weighted by atomic mass is 10.2. The van der Waals surface area contributed by atoms with E-state index in [1.807, 2.05) is 44.2 Å². The highest BCUT2D eigenvalue weighted by Gasteiger charge is 1.92. The quantitative estimate of drug-likeness (QED) is 0.479. The molecule has 1 heterocycles. The SMILES string of the molecule is CC.CC(=O)c1ccccc1.CC(C)=O.c1ccc2sccc2c1. The standard InChI is InChI=1S/C8H8O.C8H6S.C3H6O.C2H6/c1-7(9)8-5-3-2-4-6-8;1-2-4-8-7(3-1)5-6-9-8;1-3(2)4;1-2/h2-6H,1H3;1-6H;1-2H3;1-2H3. The number of rotatable bonds is 1. The molecule has 0 radical (unpaired) electrons. The first-order valence-electron chi connectivity index (χ1n) is 7.96. The van der Waals surface area contributed by atoms with Gasteiger partial charge in [-0.15, -0.1) is 11.3 Å². The molecule has 0 N–H and O–H groups in total. The van der Waals surface area contributed by atoms with E-state index in [0.717, 1.165) is 5.56 Å². The fourth-order valence-corrected chi connectivity index (χ4v) is 2.37. The van der Waals surface area contributed by atoms with Crippen LogP contribution in [0.25, 0.3) is 10.1 Å². The summed E-state index contributed by atoms with van der Waals surface area (Å²) >= 11 is 1.79. The third-order valence-corrected chi connectivity index (χ3v) is 3.44. The molecule has 3 aromatic rings. The monoisotopic (exact) mass is 342 g/mol. The van der Waals surface area contributed by atoms with Gasteiger partial charge in [-0.1, -0.05) is 62.4 Å². The van der Waals surface area contributed by atoms with Crippen molar-refractivity contribution >= 4 is 33.0 Å². The summed E-state index contributed by atoms with van der Waals surface area (Å²) in [5.41, 5.74) is 0.775. The summed E-state index contributed by atoms with van der Waals surface area (Å²) in [6.45, 7) is 8.62. The Balaban J connectivity index is 0.000000336. The van der Waals surface area contributed by atoms with Gasteiger partial charge in [-0.2, -0.15) is 0 Å². The molecule has 0 spiro atoms. The summed E-state index contributed by atoms with van der Waals surface area (Å²) < 4.78 is 1.37. The maximum Gasteiger partial charge on any atom is 0.159 e. The molecule has 0 atom stereocenters. The minimum atomic E-state index is 0.121. The van der Waals surface area contributed by atoms with Gasteiger partial charge in [0, 0.05) is 10.3 Å². The van der Waals surface area contributed by atoms with E-state index in [2.05, 4.69) is 35.7 Å². The van der Waals surface area contributed by atoms with E-state index < -0.39 is 0 Å². The van der Waals surface area contributed by atoms with Crippen LogP contribution in [0.1, 0.15) is 45.0 Å². The third kappa shape index (κ3) is 9.70. The molecule has 3 rings (SSSR count). The Morgan fingerprint density at radius 3 is 1.71 bits per heavy atom. The second kappa shape index (κ2) is 13.2. The number of ketones is 2. The molecule has 2 aromatic carbocycles. The molecule has 1 aromatic heterocycles. The van der Waals surface area contributed by atoms with Crippen LogP contribution in [0.4, 0.5) is 0 Å².